The second-order valence-corrected chi connectivity index (χ2v) is 7.32. The van der Waals surface area contributed by atoms with Crippen LogP contribution < -0.4 is 11.1 Å². The Morgan fingerprint density at radius 1 is 1.29 bits per heavy atom. The van der Waals surface area contributed by atoms with Gasteiger partial charge in [-0.25, -0.2) is 12.7 Å². The fraction of sp³-hybridized carbons (Fsp3) is 0.500. The Balaban J connectivity index is 1.87. The Kier molecular flexibility index (Phi) is 4.97. The summed E-state index contributed by atoms with van der Waals surface area (Å²) in [5.74, 6) is -0.223. The number of nitrogens with zero attached hydrogens (tertiary/aromatic N) is 1. The highest BCUT2D eigenvalue weighted by atomic mass is 32.2. The molecule has 116 valence electrons. The monoisotopic (exact) mass is 311 g/mol. The van der Waals surface area contributed by atoms with Gasteiger partial charge in [0.05, 0.1) is 6.26 Å². The number of sulfonamides is 1. The van der Waals surface area contributed by atoms with Gasteiger partial charge >= 0.3 is 0 Å². The summed E-state index contributed by atoms with van der Waals surface area (Å²) in [6.45, 7) is 0.870. The number of nitrogens with one attached hydrogen (secondary N) is 1. The highest BCUT2D eigenvalue weighted by Gasteiger charge is 2.27. The maximum Gasteiger partial charge on any atom is 0.241 e. The second-order valence-electron chi connectivity index (χ2n) is 5.33. The van der Waals surface area contributed by atoms with E-state index in [1.807, 2.05) is 30.3 Å². The Morgan fingerprint density at radius 2 is 1.86 bits per heavy atom. The maximum absolute atomic E-state index is 12.1. The second kappa shape index (κ2) is 6.55. The molecule has 0 saturated carbocycles. The van der Waals surface area contributed by atoms with Gasteiger partial charge in [0.25, 0.3) is 0 Å². The van der Waals surface area contributed by atoms with E-state index in [2.05, 4.69) is 5.32 Å². The summed E-state index contributed by atoms with van der Waals surface area (Å²) in [7, 11) is -3.14. The maximum atomic E-state index is 12.1. The van der Waals surface area contributed by atoms with Crippen molar-refractivity contribution in [2.75, 3.05) is 19.3 Å². The van der Waals surface area contributed by atoms with E-state index < -0.39 is 16.1 Å². The van der Waals surface area contributed by atoms with Gasteiger partial charge in [0, 0.05) is 19.1 Å². The van der Waals surface area contributed by atoms with Crippen LogP contribution in [0.2, 0.25) is 0 Å². The highest BCUT2D eigenvalue weighted by Crippen LogP contribution is 2.15. The Morgan fingerprint density at radius 3 is 2.38 bits per heavy atom. The van der Waals surface area contributed by atoms with Crippen molar-refractivity contribution >= 4 is 15.9 Å². The zero-order chi connectivity index (χ0) is 15.5. The molecule has 1 fully saturated rings. The van der Waals surface area contributed by atoms with Crippen molar-refractivity contribution < 1.29 is 13.2 Å². The van der Waals surface area contributed by atoms with Crippen LogP contribution in [0.25, 0.3) is 0 Å². The number of benzene rings is 1. The van der Waals surface area contributed by atoms with Crippen LogP contribution >= 0.6 is 0 Å². The lowest BCUT2D eigenvalue weighted by Gasteiger charge is -2.31. The third kappa shape index (κ3) is 4.26. The van der Waals surface area contributed by atoms with Crippen LogP contribution in [-0.4, -0.2) is 44.0 Å². The fourth-order valence-electron chi connectivity index (χ4n) is 2.43. The Bertz CT molecular complexity index is 581. The van der Waals surface area contributed by atoms with Crippen LogP contribution in [0.15, 0.2) is 30.3 Å². The average molecular weight is 311 g/mol. The van der Waals surface area contributed by atoms with E-state index in [1.165, 1.54) is 10.6 Å². The zero-order valence-electron chi connectivity index (χ0n) is 12.0. The van der Waals surface area contributed by atoms with E-state index in [0.29, 0.717) is 25.9 Å². The summed E-state index contributed by atoms with van der Waals surface area (Å²) in [5.41, 5.74) is 6.70. The van der Waals surface area contributed by atoms with Crippen LogP contribution in [0.4, 0.5) is 0 Å². The van der Waals surface area contributed by atoms with Gasteiger partial charge in [-0.05, 0) is 18.4 Å². The van der Waals surface area contributed by atoms with Crippen molar-refractivity contribution in [3.05, 3.63) is 35.9 Å². The molecular formula is C14H21N3O3S. The normalized spacial score (nSPS) is 19.1. The van der Waals surface area contributed by atoms with Crippen LogP contribution in [0.1, 0.15) is 24.4 Å². The quantitative estimate of drug-likeness (QED) is 0.832. The SMILES string of the molecule is CS(=O)(=O)N1CCC(NC(=O)[C@H](N)c2ccccc2)CC1. The number of carbonyl (C=O) groups is 1. The van der Waals surface area contributed by atoms with Crippen molar-refractivity contribution in [3.63, 3.8) is 0 Å². The molecule has 6 nitrogen and oxygen atoms in total. The lowest BCUT2D eigenvalue weighted by Crippen LogP contribution is -2.48. The lowest BCUT2D eigenvalue weighted by atomic mass is 10.0. The van der Waals surface area contributed by atoms with Crippen LogP contribution in [0.3, 0.4) is 0 Å². The minimum atomic E-state index is -3.14. The van der Waals surface area contributed by atoms with E-state index in [9.17, 15) is 13.2 Å². The number of carbonyl (C=O) groups excluding carboxylic acids is 1. The van der Waals surface area contributed by atoms with Gasteiger partial charge in [-0.1, -0.05) is 30.3 Å². The Labute approximate surface area is 125 Å². The first kappa shape index (κ1) is 15.9. The van der Waals surface area contributed by atoms with Crippen LogP contribution in [0.5, 0.6) is 0 Å². The molecule has 1 saturated heterocycles. The lowest BCUT2D eigenvalue weighted by molar-refractivity contribution is -0.123. The zero-order valence-corrected chi connectivity index (χ0v) is 12.8. The highest BCUT2D eigenvalue weighted by molar-refractivity contribution is 7.88. The molecule has 0 aliphatic carbocycles. The molecule has 1 aromatic carbocycles. The number of amides is 1. The molecular weight excluding hydrogens is 290 g/mol. The molecule has 0 bridgehead atoms. The van der Waals surface area contributed by atoms with Crippen molar-refractivity contribution in [2.45, 2.75) is 24.9 Å². The standard InChI is InChI=1S/C14H21N3O3S/c1-21(19,20)17-9-7-12(8-10-17)16-14(18)13(15)11-5-3-2-4-6-11/h2-6,12-13H,7-10,15H2,1H3,(H,16,18)/t13-/m1/s1. The molecule has 1 amide bonds. The number of piperidine rings is 1. The molecule has 0 unspecified atom stereocenters. The predicted octanol–water partition coefficient (Wildman–Crippen LogP) is 0.227. The molecule has 1 aliphatic rings. The molecule has 3 N–H and O–H groups in total. The van der Waals surface area contributed by atoms with Gasteiger partial charge in [-0.3, -0.25) is 4.79 Å². The minimum Gasteiger partial charge on any atom is -0.352 e. The number of hydrogen-bond donors (Lipinski definition) is 2. The average Bonchev–Trinajstić information content (AvgIpc) is 2.47. The van der Waals surface area contributed by atoms with Crippen molar-refractivity contribution in [1.82, 2.24) is 9.62 Å². The largest absolute Gasteiger partial charge is 0.352 e. The summed E-state index contributed by atoms with van der Waals surface area (Å²) in [5, 5.41) is 2.90. The topological polar surface area (TPSA) is 92.5 Å². The van der Waals surface area contributed by atoms with Crippen molar-refractivity contribution in [3.8, 4) is 0 Å². The smallest absolute Gasteiger partial charge is 0.241 e. The van der Waals surface area contributed by atoms with Gasteiger partial charge in [-0.2, -0.15) is 0 Å². The third-order valence-corrected chi connectivity index (χ3v) is 5.01. The third-order valence-electron chi connectivity index (χ3n) is 3.71. The number of nitrogens with two attached hydrogens (primary N) is 1. The summed E-state index contributed by atoms with van der Waals surface area (Å²) in [6.07, 6.45) is 2.43. The minimum absolute atomic E-state index is 0.0229. The van der Waals surface area contributed by atoms with E-state index in [4.69, 9.17) is 5.73 Å². The predicted molar refractivity (Wildman–Crippen MR) is 81.0 cm³/mol. The van der Waals surface area contributed by atoms with Gasteiger partial charge in [-0.15, -0.1) is 0 Å². The van der Waals surface area contributed by atoms with Crippen molar-refractivity contribution in [2.24, 2.45) is 5.73 Å². The van der Waals surface area contributed by atoms with Gasteiger partial charge < -0.3 is 11.1 Å². The first-order valence-electron chi connectivity index (χ1n) is 6.94. The van der Waals surface area contributed by atoms with Crippen molar-refractivity contribution in [1.29, 1.82) is 0 Å². The molecule has 0 aromatic heterocycles. The molecule has 2 rings (SSSR count). The molecule has 21 heavy (non-hydrogen) atoms. The summed E-state index contributed by atoms with van der Waals surface area (Å²) >= 11 is 0. The van der Waals surface area contributed by atoms with E-state index in [-0.39, 0.29) is 11.9 Å². The van der Waals surface area contributed by atoms with Gasteiger partial charge in [0.2, 0.25) is 15.9 Å². The van der Waals surface area contributed by atoms with Gasteiger partial charge in [0.1, 0.15) is 6.04 Å². The fourth-order valence-corrected chi connectivity index (χ4v) is 3.31. The Hall–Kier alpha value is -1.44. The molecule has 1 heterocycles. The van der Waals surface area contributed by atoms with Crippen LogP contribution in [0, 0.1) is 0 Å². The summed E-state index contributed by atoms with van der Waals surface area (Å²) in [4.78, 5) is 12.1. The molecule has 1 atom stereocenters. The molecule has 7 heteroatoms. The van der Waals surface area contributed by atoms with Crippen LogP contribution in [-0.2, 0) is 14.8 Å². The first-order valence-corrected chi connectivity index (χ1v) is 8.79. The van der Waals surface area contributed by atoms with E-state index in [0.717, 1.165) is 5.56 Å². The summed E-state index contributed by atoms with van der Waals surface area (Å²) in [6, 6.07) is 8.46. The molecule has 0 spiro atoms. The number of rotatable bonds is 4. The summed E-state index contributed by atoms with van der Waals surface area (Å²) < 4.78 is 24.3. The number of hydrogen-bond acceptors (Lipinski definition) is 4. The molecule has 1 aromatic rings. The van der Waals surface area contributed by atoms with E-state index >= 15 is 0 Å². The molecule has 0 radical (unpaired) electrons. The first-order chi connectivity index (χ1) is 9.88. The van der Waals surface area contributed by atoms with E-state index in [1.54, 1.807) is 0 Å². The molecule has 1 aliphatic heterocycles. The van der Waals surface area contributed by atoms with Gasteiger partial charge in [0.15, 0.2) is 0 Å².